The molecule has 0 aliphatic carbocycles. The predicted molar refractivity (Wildman–Crippen MR) is 125 cm³/mol. The zero-order valence-electron chi connectivity index (χ0n) is 19.0. The van der Waals surface area contributed by atoms with Crippen molar-refractivity contribution >= 4 is 21.6 Å². The fourth-order valence-corrected chi connectivity index (χ4v) is 5.46. The molecule has 1 fully saturated rings. The van der Waals surface area contributed by atoms with Crippen LogP contribution in [-0.4, -0.2) is 41.9 Å². The van der Waals surface area contributed by atoms with E-state index in [9.17, 15) is 13.2 Å². The highest BCUT2D eigenvalue weighted by Crippen LogP contribution is 2.27. The first-order valence-electron chi connectivity index (χ1n) is 11.1. The molecule has 0 saturated carbocycles. The number of piperidine rings is 1. The Morgan fingerprint density at radius 3 is 2.42 bits per heavy atom. The number of nitrogens with one attached hydrogen (secondary N) is 1. The number of hydrogen-bond donors (Lipinski definition) is 1. The molecule has 4 rings (SSSR count). The van der Waals surface area contributed by atoms with E-state index >= 15 is 0 Å². The van der Waals surface area contributed by atoms with Crippen molar-refractivity contribution in [1.29, 1.82) is 0 Å². The number of benzene rings is 2. The summed E-state index contributed by atoms with van der Waals surface area (Å²) >= 11 is 0. The van der Waals surface area contributed by atoms with Gasteiger partial charge in [0.05, 0.1) is 4.90 Å². The first-order chi connectivity index (χ1) is 15.8. The summed E-state index contributed by atoms with van der Waals surface area (Å²) in [5, 5.41) is 6.91. The Morgan fingerprint density at radius 1 is 1.12 bits per heavy atom. The van der Waals surface area contributed by atoms with Crippen molar-refractivity contribution in [2.75, 3.05) is 18.4 Å². The van der Waals surface area contributed by atoms with E-state index in [0.29, 0.717) is 49.6 Å². The van der Waals surface area contributed by atoms with Gasteiger partial charge in [0.1, 0.15) is 0 Å². The summed E-state index contributed by atoms with van der Waals surface area (Å²) in [6.45, 7) is 6.50. The maximum atomic E-state index is 13.1. The summed E-state index contributed by atoms with van der Waals surface area (Å²) in [7, 11) is -3.64. The van der Waals surface area contributed by atoms with Crippen LogP contribution in [0.4, 0.5) is 5.69 Å². The Kier molecular flexibility index (Phi) is 6.62. The van der Waals surface area contributed by atoms with Gasteiger partial charge in [-0.2, -0.15) is 9.29 Å². The van der Waals surface area contributed by atoms with E-state index in [0.717, 1.165) is 16.8 Å². The third-order valence-electron chi connectivity index (χ3n) is 5.99. The van der Waals surface area contributed by atoms with Gasteiger partial charge >= 0.3 is 0 Å². The highest BCUT2D eigenvalue weighted by atomic mass is 32.2. The third kappa shape index (κ3) is 4.99. The first kappa shape index (κ1) is 23.1. The minimum atomic E-state index is -3.64. The largest absolute Gasteiger partial charge is 0.339 e. The summed E-state index contributed by atoms with van der Waals surface area (Å²) in [6, 6.07) is 12.4. The van der Waals surface area contributed by atoms with Crippen LogP contribution in [0.25, 0.3) is 11.4 Å². The molecule has 1 aliphatic heterocycles. The fraction of sp³-hybridized carbons (Fsp3) is 0.375. The minimum absolute atomic E-state index is 0.0603. The number of sulfonamides is 1. The normalized spacial score (nSPS) is 15.5. The smallest absolute Gasteiger partial charge is 0.243 e. The second-order valence-corrected chi connectivity index (χ2v) is 10.3. The third-order valence-corrected chi connectivity index (χ3v) is 7.90. The van der Waals surface area contributed by atoms with Crippen LogP contribution in [0.5, 0.6) is 0 Å². The van der Waals surface area contributed by atoms with Gasteiger partial charge in [-0.3, -0.25) is 4.79 Å². The number of carbonyl (C=O) groups excluding carboxylic acids is 1. The van der Waals surface area contributed by atoms with Gasteiger partial charge in [-0.25, -0.2) is 8.42 Å². The quantitative estimate of drug-likeness (QED) is 0.587. The Hall–Kier alpha value is -3.04. The van der Waals surface area contributed by atoms with Crippen molar-refractivity contribution in [3.05, 3.63) is 59.5 Å². The minimum Gasteiger partial charge on any atom is -0.339 e. The van der Waals surface area contributed by atoms with E-state index in [4.69, 9.17) is 4.52 Å². The number of hydrogen-bond acceptors (Lipinski definition) is 6. The summed E-state index contributed by atoms with van der Waals surface area (Å²) in [5.74, 6) is 0.693. The molecule has 0 unspecified atom stereocenters. The predicted octanol–water partition coefficient (Wildman–Crippen LogP) is 3.96. The van der Waals surface area contributed by atoms with Crippen LogP contribution in [0.15, 0.2) is 51.9 Å². The Morgan fingerprint density at radius 2 is 1.82 bits per heavy atom. The molecule has 2 heterocycles. The molecule has 3 aromatic rings. The standard InChI is InChI=1S/C24H28N4O4S/c1-4-22-26-23(27-32-22)18-6-8-20(9-7-18)33(30,31)28-13-11-19(12-14-28)24(29)25-21-10-5-16(2)15-17(21)3/h5-10,15,19H,4,11-14H2,1-3H3,(H,25,29). The second-order valence-electron chi connectivity index (χ2n) is 8.38. The Balaban J connectivity index is 1.38. The van der Waals surface area contributed by atoms with Crippen molar-refractivity contribution in [3.8, 4) is 11.4 Å². The molecule has 8 nitrogen and oxygen atoms in total. The zero-order chi connectivity index (χ0) is 23.6. The summed E-state index contributed by atoms with van der Waals surface area (Å²) < 4.78 is 32.8. The van der Waals surface area contributed by atoms with E-state index in [-0.39, 0.29) is 16.7 Å². The van der Waals surface area contributed by atoms with Crippen molar-refractivity contribution in [2.45, 2.75) is 44.9 Å². The van der Waals surface area contributed by atoms with E-state index in [1.807, 2.05) is 39.0 Å². The van der Waals surface area contributed by atoms with Gasteiger partial charge in [0.15, 0.2) is 0 Å². The van der Waals surface area contributed by atoms with Gasteiger partial charge in [0.25, 0.3) is 0 Å². The van der Waals surface area contributed by atoms with E-state index < -0.39 is 10.0 Å². The molecule has 1 aliphatic rings. The lowest BCUT2D eigenvalue weighted by Crippen LogP contribution is -2.41. The molecule has 1 saturated heterocycles. The number of aryl methyl sites for hydroxylation is 3. The van der Waals surface area contributed by atoms with Crippen LogP contribution >= 0.6 is 0 Å². The van der Waals surface area contributed by atoms with E-state index in [2.05, 4.69) is 15.5 Å². The van der Waals surface area contributed by atoms with Crippen molar-refractivity contribution < 1.29 is 17.7 Å². The molecule has 0 atom stereocenters. The number of carbonyl (C=O) groups is 1. The number of anilines is 1. The number of nitrogens with zero attached hydrogens (tertiary/aromatic N) is 3. The topological polar surface area (TPSA) is 105 Å². The molecule has 0 radical (unpaired) electrons. The molecule has 2 aromatic carbocycles. The first-order valence-corrected chi connectivity index (χ1v) is 12.5. The highest BCUT2D eigenvalue weighted by Gasteiger charge is 2.32. The molecule has 174 valence electrons. The van der Waals surface area contributed by atoms with Crippen LogP contribution < -0.4 is 5.32 Å². The Bertz CT molecular complexity index is 1240. The van der Waals surface area contributed by atoms with Gasteiger partial charge in [0.2, 0.25) is 27.6 Å². The fourth-order valence-electron chi connectivity index (χ4n) is 3.99. The summed E-state index contributed by atoms with van der Waals surface area (Å²) in [6.07, 6.45) is 1.60. The Labute approximate surface area is 194 Å². The average Bonchev–Trinajstić information content (AvgIpc) is 3.30. The van der Waals surface area contributed by atoms with Crippen LogP contribution in [0.3, 0.4) is 0 Å². The molecule has 33 heavy (non-hydrogen) atoms. The lowest BCUT2D eigenvalue weighted by Gasteiger charge is -2.30. The van der Waals surface area contributed by atoms with Gasteiger partial charge < -0.3 is 9.84 Å². The number of amides is 1. The lowest BCUT2D eigenvalue weighted by molar-refractivity contribution is -0.120. The molecule has 1 aromatic heterocycles. The molecule has 1 amide bonds. The SMILES string of the molecule is CCc1nc(-c2ccc(S(=O)(=O)N3CCC(C(=O)Nc4ccc(C)cc4C)CC3)cc2)no1. The monoisotopic (exact) mass is 468 g/mol. The molecular weight excluding hydrogens is 440 g/mol. The van der Waals surface area contributed by atoms with Gasteiger partial charge in [-0.05, 0) is 62.6 Å². The van der Waals surface area contributed by atoms with Crippen LogP contribution in [-0.2, 0) is 21.2 Å². The molecule has 0 spiro atoms. The number of rotatable bonds is 6. The van der Waals surface area contributed by atoms with Gasteiger partial charge in [0, 0.05) is 36.7 Å². The van der Waals surface area contributed by atoms with Crippen LogP contribution in [0, 0.1) is 19.8 Å². The molecule has 9 heteroatoms. The van der Waals surface area contributed by atoms with Gasteiger partial charge in [-0.1, -0.05) is 29.8 Å². The lowest BCUT2D eigenvalue weighted by atomic mass is 9.97. The van der Waals surface area contributed by atoms with Crippen molar-refractivity contribution in [1.82, 2.24) is 14.4 Å². The zero-order valence-corrected chi connectivity index (χ0v) is 19.9. The summed E-state index contributed by atoms with van der Waals surface area (Å²) in [4.78, 5) is 17.2. The maximum absolute atomic E-state index is 13.1. The molecule has 0 bridgehead atoms. The van der Waals surface area contributed by atoms with Crippen LogP contribution in [0.2, 0.25) is 0 Å². The van der Waals surface area contributed by atoms with Crippen LogP contribution in [0.1, 0.15) is 36.8 Å². The van der Waals surface area contributed by atoms with Crippen molar-refractivity contribution in [2.24, 2.45) is 5.92 Å². The van der Waals surface area contributed by atoms with E-state index in [1.54, 1.807) is 24.3 Å². The van der Waals surface area contributed by atoms with Crippen molar-refractivity contribution in [3.63, 3.8) is 0 Å². The number of aromatic nitrogens is 2. The average molecular weight is 469 g/mol. The maximum Gasteiger partial charge on any atom is 0.243 e. The highest BCUT2D eigenvalue weighted by molar-refractivity contribution is 7.89. The molecular formula is C24H28N4O4S. The van der Waals surface area contributed by atoms with Gasteiger partial charge in [-0.15, -0.1) is 0 Å². The van der Waals surface area contributed by atoms with E-state index in [1.165, 1.54) is 4.31 Å². The second kappa shape index (κ2) is 9.44. The molecule has 1 N–H and O–H groups in total. The summed E-state index contributed by atoms with van der Waals surface area (Å²) in [5.41, 5.74) is 3.64.